The van der Waals surface area contributed by atoms with E-state index in [4.69, 9.17) is 23.2 Å². The molecular weight excluding hydrogens is 323 g/mol. The van der Waals surface area contributed by atoms with Crippen molar-refractivity contribution < 1.29 is 0 Å². The third-order valence-corrected chi connectivity index (χ3v) is 4.61. The van der Waals surface area contributed by atoms with E-state index >= 15 is 0 Å². The Balaban J connectivity index is 2.10. The fraction of sp³-hybridized carbons (Fsp3) is 0.312. The minimum atomic E-state index is 0.567. The van der Waals surface area contributed by atoms with Crippen molar-refractivity contribution in [1.29, 1.82) is 0 Å². The Bertz CT molecular complexity index is 603. The molecule has 0 bridgehead atoms. The second-order valence-electron chi connectivity index (χ2n) is 5.17. The lowest BCUT2D eigenvalue weighted by atomic mass is 10.2. The van der Waals surface area contributed by atoms with Crippen LogP contribution in [0.15, 0.2) is 46.5 Å². The maximum Gasteiger partial charge on any atom is 0.105 e. The standard InChI is InChI=1S/C16H18Cl2N2S/c1-11(2)9-19-10-12-4-3-7-20-16(12)21-13-5-6-14(17)15(18)8-13/h3-8,11,19H,9-10H2,1-2H3. The fourth-order valence-electron chi connectivity index (χ4n) is 1.80. The van der Waals surface area contributed by atoms with Crippen molar-refractivity contribution in [1.82, 2.24) is 10.3 Å². The first-order valence-electron chi connectivity index (χ1n) is 6.84. The van der Waals surface area contributed by atoms with Gasteiger partial charge in [0.2, 0.25) is 0 Å². The topological polar surface area (TPSA) is 24.9 Å². The number of nitrogens with one attached hydrogen (secondary N) is 1. The lowest BCUT2D eigenvalue weighted by Crippen LogP contribution is -2.19. The van der Waals surface area contributed by atoms with Gasteiger partial charge < -0.3 is 5.32 Å². The van der Waals surface area contributed by atoms with Crippen LogP contribution in [0.2, 0.25) is 10.0 Å². The normalized spacial score (nSPS) is 11.1. The van der Waals surface area contributed by atoms with Crippen LogP contribution < -0.4 is 5.32 Å². The summed E-state index contributed by atoms with van der Waals surface area (Å²) < 4.78 is 0. The molecule has 0 amide bonds. The highest BCUT2D eigenvalue weighted by Crippen LogP contribution is 2.33. The summed E-state index contributed by atoms with van der Waals surface area (Å²) in [6, 6.07) is 9.70. The molecule has 0 unspecified atom stereocenters. The minimum Gasteiger partial charge on any atom is -0.312 e. The molecule has 1 aromatic carbocycles. The van der Waals surface area contributed by atoms with Gasteiger partial charge in [-0.2, -0.15) is 0 Å². The zero-order chi connectivity index (χ0) is 15.2. The van der Waals surface area contributed by atoms with Gasteiger partial charge in [0.05, 0.1) is 10.0 Å². The Morgan fingerprint density at radius 1 is 1.19 bits per heavy atom. The summed E-state index contributed by atoms with van der Waals surface area (Å²) in [5.74, 6) is 0.632. The van der Waals surface area contributed by atoms with E-state index in [1.54, 1.807) is 11.8 Å². The molecule has 0 saturated carbocycles. The molecule has 1 N–H and O–H groups in total. The Kier molecular flexibility index (Phi) is 6.37. The number of hydrogen-bond donors (Lipinski definition) is 1. The van der Waals surface area contributed by atoms with Crippen LogP contribution in [0.1, 0.15) is 19.4 Å². The van der Waals surface area contributed by atoms with Crippen molar-refractivity contribution >= 4 is 35.0 Å². The number of pyridine rings is 1. The van der Waals surface area contributed by atoms with Gasteiger partial charge >= 0.3 is 0 Å². The highest BCUT2D eigenvalue weighted by atomic mass is 35.5. The SMILES string of the molecule is CC(C)CNCc1cccnc1Sc1ccc(Cl)c(Cl)c1. The van der Waals surface area contributed by atoms with Crippen LogP contribution in [-0.4, -0.2) is 11.5 Å². The van der Waals surface area contributed by atoms with Crippen LogP contribution in [0.3, 0.4) is 0 Å². The first-order chi connectivity index (χ1) is 10.1. The molecule has 2 nitrogen and oxygen atoms in total. The van der Waals surface area contributed by atoms with Gasteiger partial charge in [0.25, 0.3) is 0 Å². The molecule has 1 aromatic heterocycles. The monoisotopic (exact) mass is 340 g/mol. The quantitative estimate of drug-likeness (QED) is 0.773. The summed E-state index contributed by atoms with van der Waals surface area (Å²) in [5, 5.41) is 5.58. The number of nitrogens with zero attached hydrogens (tertiary/aromatic N) is 1. The minimum absolute atomic E-state index is 0.567. The molecule has 0 aliphatic carbocycles. The molecule has 2 rings (SSSR count). The summed E-state index contributed by atoms with van der Waals surface area (Å²) in [6.07, 6.45) is 1.81. The highest BCUT2D eigenvalue weighted by molar-refractivity contribution is 7.99. The van der Waals surface area contributed by atoms with Crippen LogP contribution in [0.4, 0.5) is 0 Å². The lowest BCUT2D eigenvalue weighted by Gasteiger charge is -2.11. The fourth-order valence-corrected chi connectivity index (χ4v) is 3.08. The maximum absolute atomic E-state index is 6.06. The van der Waals surface area contributed by atoms with Gasteiger partial charge in [-0.25, -0.2) is 4.98 Å². The maximum atomic E-state index is 6.06. The van der Waals surface area contributed by atoms with Crippen LogP contribution in [0.5, 0.6) is 0 Å². The Hall–Kier alpha value is -0.740. The molecule has 112 valence electrons. The van der Waals surface area contributed by atoms with Gasteiger partial charge in [-0.15, -0.1) is 0 Å². The summed E-state index contributed by atoms with van der Waals surface area (Å²) in [6.45, 7) is 6.20. The first-order valence-corrected chi connectivity index (χ1v) is 8.41. The van der Waals surface area contributed by atoms with Crippen molar-refractivity contribution in [3.05, 3.63) is 52.1 Å². The van der Waals surface area contributed by atoms with Crippen molar-refractivity contribution in [3.8, 4) is 0 Å². The largest absolute Gasteiger partial charge is 0.312 e. The zero-order valence-electron chi connectivity index (χ0n) is 12.1. The van der Waals surface area contributed by atoms with E-state index in [2.05, 4.69) is 30.2 Å². The molecule has 2 aromatic rings. The van der Waals surface area contributed by atoms with Crippen LogP contribution in [0, 0.1) is 5.92 Å². The molecule has 0 saturated heterocycles. The van der Waals surface area contributed by atoms with Crippen LogP contribution >= 0.6 is 35.0 Å². The number of aromatic nitrogens is 1. The number of benzene rings is 1. The van der Waals surface area contributed by atoms with E-state index in [0.29, 0.717) is 16.0 Å². The van der Waals surface area contributed by atoms with E-state index < -0.39 is 0 Å². The van der Waals surface area contributed by atoms with Crippen LogP contribution in [0.25, 0.3) is 0 Å². The van der Waals surface area contributed by atoms with E-state index in [9.17, 15) is 0 Å². The van der Waals surface area contributed by atoms with E-state index in [-0.39, 0.29) is 0 Å². The second-order valence-corrected chi connectivity index (χ2v) is 7.05. The molecule has 0 atom stereocenters. The molecule has 5 heteroatoms. The molecule has 0 aliphatic rings. The smallest absolute Gasteiger partial charge is 0.105 e. The van der Waals surface area contributed by atoms with Gasteiger partial charge in [0, 0.05) is 17.6 Å². The van der Waals surface area contributed by atoms with Crippen molar-refractivity contribution in [2.45, 2.75) is 30.3 Å². The third kappa shape index (κ3) is 5.19. The lowest BCUT2D eigenvalue weighted by molar-refractivity contribution is 0.549. The van der Waals surface area contributed by atoms with Crippen molar-refractivity contribution in [2.24, 2.45) is 5.92 Å². The second kappa shape index (κ2) is 8.04. The van der Waals surface area contributed by atoms with Gasteiger partial charge in [-0.05, 0) is 42.3 Å². The highest BCUT2D eigenvalue weighted by Gasteiger charge is 2.07. The van der Waals surface area contributed by atoms with Gasteiger partial charge in [0.15, 0.2) is 0 Å². The Morgan fingerprint density at radius 3 is 2.71 bits per heavy atom. The number of halogens is 2. The average Bonchev–Trinajstić information content (AvgIpc) is 2.44. The van der Waals surface area contributed by atoms with Gasteiger partial charge in [0.1, 0.15) is 5.03 Å². The predicted octanol–water partition coefficient (Wildman–Crippen LogP) is 5.29. The summed E-state index contributed by atoms with van der Waals surface area (Å²) in [7, 11) is 0. The Morgan fingerprint density at radius 2 is 2.00 bits per heavy atom. The van der Waals surface area contributed by atoms with E-state index in [1.165, 1.54) is 5.56 Å². The molecule has 0 radical (unpaired) electrons. The van der Waals surface area contributed by atoms with Crippen LogP contribution in [-0.2, 0) is 6.54 Å². The zero-order valence-corrected chi connectivity index (χ0v) is 14.4. The number of hydrogen-bond acceptors (Lipinski definition) is 3. The Labute approximate surface area is 140 Å². The third-order valence-electron chi connectivity index (χ3n) is 2.82. The molecule has 21 heavy (non-hydrogen) atoms. The first kappa shape index (κ1) is 16.6. The molecule has 1 heterocycles. The number of rotatable bonds is 6. The molecule has 0 aliphatic heterocycles. The van der Waals surface area contributed by atoms with Crippen molar-refractivity contribution in [2.75, 3.05) is 6.54 Å². The van der Waals surface area contributed by atoms with E-state index in [1.807, 2.05) is 30.5 Å². The predicted molar refractivity (Wildman–Crippen MR) is 91.4 cm³/mol. The summed E-state index contributed by atoms with van der Waals surface area (Å²) in [5.41, 5.74) is 1.19. The molecule has 0 spiro atoms. The van der Waals surface area contributed by atoms with E-state index in [0.717, 1.165) is 23.0 Å². The van der Waals surface area contributed by atoms with Gasteiger partial charge in [-0.3, -0.25) is 0 Å². The average molecular weight is 341 g/mol. The van der Waals surface area contributed by atoms with Gasteiger partial charge in [-0.1, -0.05) is 54.9 Å². The van der Waals surface area contributed by atoms with Crippen molar-refractivity contribution in [3.63, 3.8) is 0 Å². The summed E-state index contributed by atoms with van der Waals surface area (Å²) in [4.78, 5) is 5.51. The molecular formula is C16H18Cl2N2S. The molecule has 0 fully saturated rings. The summed E-state index contributed by atoms with van der Waals surface area (Å²) >= 11 is 13.6.